The number of H-pyrrole nitrogens is 1. The van der Waals surface area contributed by atoms with E-state index in [-0.39, 0.29) is 29.8 Å². The second kappa shape index (κ2) is 7.59. The van der Waals surface area contributed by atoms with Crippen LogP contribution in [-0.4, -0.2) is 47.3 Å². The largest absolute Gasteiger partial charge is 0.381 e. The van der Waals surface area contributed by atoms with Crippen LogP contribution in [-0.2, 0) is 9.53 Å². The molecule has 1 aromatic heterocycles. The number of nitrogens with one attached hydrogen (secondary N) is 3. The van der Waals surface area contributed by atoms with E-state index < -0.39 is 0 Å². The summed E-state index contributed by atoms with van der Waals surface area (Å²) in [6.45, 7) is 1.47. The van der Waals surface area contributed by atoms with Crippen LogP contribution in [0.5, 0.6) is 0 Å². The first kappa shape index (κ1) is 16.0. The number of carbonyl (C=O) groups is 2. The van der Waals surface area contributed by atoms with Gasteiger partial charge in [0.1, 0.15) is 5.69 Å². The van der Waals surface area contributed by atoms with Gasteiger partial charge in [0, 0.05) is 37.4 Å². The molecule has 3 N–H and O–H groups in total. The molecule has 1 saturated carbocycles. The number of ether oxygens (including phenoxy) is 1. The van der Waals surface area contributed by atoms with E-state index in [9.17, 15) is 9.59 Å². The molecular formula is C16H24N4O3. The lowest BCUT2D eigenvalue weighted by Crippen LogP contribution is -2.44. The van der Waals surface area contributed by atoms with Gasteiger partial charge in [0.05, 0.1) is 0 Å². The molecule has 3 rings (SSSR count). The molecule has 0 aromatic carbocycles. The van der Waals surface area contributed by atoms with E-state index >= 15 is 0 Å². The van der Waals surface area contributed by atoms with Crippen molar-refractivity contribution in [3.05, 3.63) is 18.0 Å². The molecule has 7 heteroatoms. The number of aromatic amines is 1. The lowest BCUT2D eigenvalue weighted by molar-refractivity contribution is -0.127. The summed E-state index contributed by atoms with van der Waals surface area (Å²) in [6.07, 6.45) is 6.69. The minimum Gasteiger partial charge on any atom is -0.381 e. The van der Waals surface area contributed by atoms with Gasteiger partial charge in [-0.05, 0) is 44.6 Å². The molecule has 0 atom stereocenters. The van der Waals surface area contributed by atoms with Gasteiger partial charge in [-0.1, -0.05) is 0 Å². The van der Waals surface area contributed by atoms with Crippen molar-refractivity contribution in [1.82, 2.24) is 20.8 Å². The number of rotatable bonds is 4. The van der Waals surface area contributed by atoms with Crippen molar-refractivity contribution in [3.8, 4) is 0 Å². The molecule has 2 fully saturated rings. The van der Waals surface area contributed by atoms with Crippen LogP contribution in [0.4, 0.5) is 0 Å². The Balaban J connectivity index is 1.41. The van der Waals surface area contributed by atoms with Crippen molar-refractivity contribution in [2.24, 2.45) is 5.92 Å². The third-order valence-electron chi connectivity index (χ3n) is 4.75. The zero-order valence-corrected chi connectivity index (χ0v) is 13.2. The van der Waals surface area contributed by atoms with Gasteiger partial charge < -0.3 is 15.4 Å². The highest BCUT2D eigenvalue weighted by Crippen LogP contribution is 2.25. The summed E-state index contributed by atoms with van der Waals surface area (Å²) < 4.78 is 5.31. The van der Waals surface area contributed by atoms with Gasteiger partial charge in [-0.25, -0.2) is 0 Å². The van der Waals surface area contributed by atoms with E-state index in [4.69, 9.17) is 4.74 Å². The van der Waals surface area contributed by atoms with Crippen molar-refractivity contribution in [2.75, 3.05) is 13.2 Å². The van der Waals surface area contributed by atoms with Crippen LogP contribution in [0.3, 0.4) is 0 Å². The van der Waals surface area contributed by atoms with Crippen molar-refractivity contribution >= 4 is 11.8 Å². The van der Waals surface area contributed by atoms with Crippen molar-refractivity contribution in [3.63, 3.8) is 0 Å². The zero-order valence-electron chi connectivity index (χ0n) is 13.2. The molecule has 1 aliphatic carbocycles. The zero-order chi connectivity index (χ0) is 16.1. The highest BCUT2D eigenvalue weighted by molar-refractivity contribution is 5.92. The molecule has 1 aliphatic heterocycles. The first-order valence-corrected chi connectivity index (χ1v) is 8.40. The maximum Gasteiger partial charge on any atom is 0.269 e. The normalized spacial score (nSPS) is 25.7. The summed E-state index contributed by atoms with van der Waals surface area (Å²) in [5.41, 5.74) is 0.476. The average molecular weight is 320 g/mol. The Labute approximate surface area is 135 Å². The molecule has 0 radical (unpaired) electrons. The second-order valence-electron chi connectivity index (χ2n) is 6.39. The predicted octanol–water partition coefficient (Wildman–Crippen LogP) is 0.993. The topological polar surface area (TPSA) is 96.1 Å². The Morgan fingerprint density at radius 2 is 1.74 bits per heavy atom. The summed E-state index contributed by atoms with van der Waals surface area (Å²) in [6, 6.07) is 2.05. The Hall–Kier alpha value is -1.89. The van der Waals surface area contributed by atoms with Gasteiger partial charge in [-0.2, -0.15) is 5.10 Å². The molecule has 126 valence electrons. The number of hydrogen-bond donors (Lipinski definition) is 3. The molecule has 1 aromatic rings. The number of carbonyl (C=O) groups excluding carboxylic acids is 2. The fourth-order valence-electron chi connectivity index (χ4n) is 3.31. The van der Waals surface area contributed by atoms with Gasteiger partial charge in [0.2, 0.25) is 5.91 Å². The Bertz CT molecular complexity index is 517. The highest BCUT2D eigenvalue weighted by Gasteiger charge is 2.28. The summed E-state index contributed by atoms with van der Waals surface area (Å²) in [5.74, 6) is 0.103. The minimum absolute atomic E-state index is 0.0677. The molecule has 23 heavy (non-hydrogen) atoms. The van der Waals surface area contributed by atoms with Crippen LogP contribution < -0.4 is 10.6 Å². The van der Waals surface area contributed by atoms with Crippen molar-refractivity contribution in [1.29, 1.82) is 0 Å². The van der Waals surface area contributed by atoms with Crippen LogP contribution in [0, 0.1) is 5.92 Å². The van der Waals surface area contributed by atoms with Crippen LogP contribution >= 0.6 is 0 Å². The van der Waals surface area contributed by atoms with Gasteiger partial charge in [-0.3, -0.25) is 14.7 Å². The molecule has 2 aliphatic rings. The number of nitrogens with zero attached hydrogens (tertiary/aromatic N) is 1. The Morgan fingerprint density at radius 1 is 1.04 bits per heavy atom. The van der Waals surface area contributed by atoms with Crippen LogP contribution in [0.25, 0.3) is 0 Å². The van der Waals surface area contributed by atoms with Gasteiger partial charge in [-0.15, -0.1) is 0 Å². The third-order valence-corrected chi connectivity index (χ3v) is 4.75. The lowest BCUT2D eigenvalue weighted by atomic mass is 9.85. The summed E-state index contributed by atoms with van der Waals surface area (Å²) in [5, 5.41) is 12.6. The maximum atomic E-state index is 12.3. The number of hydrogen-bond acceptors (Lipinski definition) is 4. The molecule has 7 nitrogen and oxygen atoms in total. The summed E-state index contributed by atoms with van der Waals surface area (Å²) in [4.78, 5) is 24.3. The minimum atomic E-state index is -0.127. The van der Waals surface area contributed by atoms with Crippen LogP contribution in [0.1, 0.15) is 49.0 Å². The van der Waals surface area contributed by atoms with Gasteiger partial charge >= 0.3 is 0 Å². The molecule has 0 spiro atoms. The van der Waals surface area contributed by atoms with Gasteiger partial charge in [0.15, 0.2) is 0 Å². The number of aromatic nitrogens is 2. The Kier molecular flexibility index (Phi) is 5.27. The summed E-state index contributed by atoms with van der Waals surface area (Å²) >= 11 is 0. The maximum absolute atomic E-state index is 12.3. The fourth-order valence-corrected chi connectivity index (χ4v) is 3.31. The SMILES string of the molecule is O=C(NC1CCC(C(=O)NC2CCOCC2)CC1)c1ccn[nH]1. The van der Waals surface area contributed by atoms with E-state index in [1.54, 1.807) is 12.3 Å². The monoisotopic (exact) mass is 320 g/mol. The standard InChI is InChI=1S/C16H24N4O3/c21-15(18-13-6-9-23-10-7-13)11-1-3-12(4-2-11)19-16(22)14-5-8-17-20-14/h5,8,11-13H,1-4,6-7,9-10H2,(H,17,20)(H,18,21)(H,19,22). The van der Waals surface area contributed by atoms with E-state index in [1.165, 1.54) is 0 Å². The fraction of sp³-hybridized carbons (Fsp3) is 0.688. The molecule has 0 unspecified atom stereocenters. The van der Waals surface area contributed by atoms with Crippen molar-refractivity contribution < 1.29 is 14.3 Å². The molecule has 2 amide bonds. The average Bonchev–Trinajstić information content (AvgIpc) is 3.11. The molecular weight excluding hydrogens is 296 g/mol. The molecule has 0 bridgehead atoms. The first-order valence-electron chi connectivity index (χ1n) is 8.40. The quantitative estimate of drug-likeness (QED) is 0.771. The number of amides is 2. The lowest BCUT2D eigenvalue weighted by Gasteiger charge is -2.30. The van der Waals surface area contributed by atoms with E-state index in [0.29, 0.717) is 5.69 Å². The third kappa shape index (κ3) is 4.31. The van der Waals surface area contributed by atoms with Gasteiger partial charge in [0.25, 0.3) is 5.91 Å². The summed E-state index contributed by atoms with van der Waals surface area (Å²) in [7, 11) is 0. The smallest absolute Gasteiger partial charge is 0.269 e. The predicted molar refractivity (Wildman–Crippen MR) is 83.8 cm³/mol. The second-order valence-corrected chi connectivity index (χ2v) is 6.39. The Morgan fingerprint density at radius 3 is 2.39 bits per heavy atom. The molecule has 1 saturated heterocycles. The first-order chi connectivity index (χ1) is 11.2. The highest BCUT2D eigenvalue weighted by atomic mass is 16.5. The van der Waals surface area contributed by atoms with Crippen LogP contribution in [0.2, 0.25) is 0 Å². The van der Waals surface area contributed by atoms with E-state index in [0.717, 1.165) is 51.7 Å². The van der Waals surface area contributed by atoms with E-state index in [1.807, 2.05) is 0 Å². The van der Waals surface area contributed by atoms with Crippen LogP contribution in [0.15, 0.2) is 12.3 Å². The molecule has 2 heterocycles. The van der Waals surface area contributed by atoms with Crippen molar-refractivity contribution in [2.45, 2.75) is 50.6 Å². The van der Waals surface area contributed by atoms with E-state index in [2.05, 4.69) is 20.8 Å².